The molecule has 1 N–H and O–H groups in total. The molecule has 11 heteroatoms. The van der Waals surface area contributed by atoms with Crippen LogP contribution in [0.15, 0.2) is 35.5 Å². The predicted molar refractivity (Wildman–Crippen MR) is 119 cm³/mol. The van der Waals surface area contributed by atoms with Crippen molar-refractivity contribution in [2.45, 2.75) is 68.7 Å². The number of hydrogen-bond donors (Lipinski definition) is 1. The maximum absolute atomic E-state index is 14.4. The van der Waals surface area contributed by atoms with Crippen molar-refractivity contribution in [3.63, 3.8) is 0 Å². The van der Waals surface area contributed by atoms with Crippen LogP contribution in [0.25, 0.3) is 0 Å². The Bertz CT molecular complexity index is 1170. The van der Waals surface area contributed by atoms with Gasteiger partial charge in [0, 0.05) is 24.8 Å². The van der Waals surface area contributed by atoms with Gasteiger partial charge in [-0.1, -0.05) is 0 Å². The normalized spacial score (nSPS) is 22.3. The molecule has 1 aromatic carbocycles. The van der Waals surface area contributed by atoms with Gasteiger partial charge in [0.05, 0.1) is 16.6 Å². The van der Waals surface area contributed by atoms with Crippen LogP contribution in [0.4, 0.5) is 20.7 Å². The summed E-state index contributed by atoms with van der Waals surface area (Å²) in [7, 11) is -3.51. The van der Waals surface area contributed by atoms with Gasteiger partial charge < -0.3 is 14.8 Å². The van der Waals surface area contributed by atoms with E-state index in [9.17, 15) is 17.6 Å². The summed E-state index contributed by atoms with van der Waals surface area (Å²) in [5, 5.41) is 2.82. The Morgan fingerprint density at radius 3 is 2.64 bits per heavy atom. The van der Waals surface area contributed by atoms with Gasteiger partial charge in [0.2, 0.25) is 5.88 Å². The Kier molecular flexibility index (Phi) is 5.94. The molecular formula is C22H27FN4O5S. The SMILES string of the molecule is CC(C)(C)OC(=O)N1C2CCC1C(Oc1cc(Nc3ccc(S(C)(=O)=O)cc3F)ncn1)C2. The lowest BCUT2D eigenvalue weighted by atomic mass is 9.98. The van der Waals surface area contributed by atoms with Crippen LogP contribution < -0.4 is 10.1 Å². The molecule has 0 aliphatic carbocycles. The summed E-state index contributed by atoms with van der Waals surface area (Å²) in [6.07, 6.45) is 4.15. The standard InChI is InChI=1S/C22H27FN4O5S/c1-22(2,3)32-21(28)27-13-5-8-17(27)18(9-13)31-20-11-19(24-12-25-20)26-16-7-6-14(10-15(16)23)33(4,29)30/h6-7,10-13,17-18H,5,8-9H2,1-4H3,(H,24,25,26). The Labute approximate surface area is 192 Å². The van der Waals surface area contributed by atoms with Crippen LogP contribution in [0.3, 0.4) is 0 Å². The number of rotatable bonds is 5. The molecule has 2 aliphatic rings. The average Bonchev–Trinajstić information content (AvgIpc) is 3.26. The number of sulfone groups is 1. The number of nitrogens with zero attached hydrogens (tertiary/aromatic N) is 3. The van der Waals surface area contributed by atoms with Gasteiger partial charge in [-0.2, -0.15) is 0 Å². The molecule has 2 aromatic rings. The third kappa shape index (κ3) is 5.18. The lowest BCUT2D eigenvalue weighted by Gasteiger charge is -2.28. The molecule has 0 radical (unpaired) electrons. The molecular weight excluding hydrogens is 451 g/mol. The van der Waals surface area contributed by atoms with Gasteiger partial charge in [-0.3, -0.25) is 4.90 Å². The molecule has 3 heterocycles. The molecule has 0 spiro atoms. The summed E-state index contributed by atoms with van der Waals surface area (Å²) in [5.41, 5.74) is -0.500. The highest BCUT2D eigenvalue weighted by Gasteiger charge is 2.51. The average molecular weight is 479 g/mol. The second-order valence-electron chi connectivity index (χ2n) is 9.36. The molecule has 178 valence electrons. The van der Waals surface area contributed by atoms with E-state index in [4.69, 9.17) is 9.47 Å². The summed E-state index contributed by atoms with van der Waals surface area (Å²) < 4.78 is 49.2. The fourth-order valence-electron chi connectivity index (χ4n) is 4.25. The number of amides is 1. The van der Waals surface area contributed by atoms with E-state index >= 15 is 0 Å². The molecule has 2 saturated heterocycles. The number of nitrogens with one attached hydrogen (secondary N) is 1. The van der Waals surface area contributed by atoms with Gasteiger partial charge >= 0.3 is 6.09 Å². The van der Waals surface area contributed by atoms with Crippen molar-refractivity contribution < 1.29 is 27.1 Å². The van der Waals surface area contributed by atoms with E-state index in [2.05, 4.69) is 15.3 Å². The van der Waals surface area contributed by atoms with E-state index in [1.54, 1.807) is 4.90 Å². The third-order valence-electron chi connectivity index (χ3n) is 5.63. The van der Waals surface area contributed by atoms with E-state index in [1.165, 1.54) is 24.5 Å². The Hall–Kier alpha value is -2.95. The first-order valence-electron chi connectivity index (χ1n) is 10.7. The molecule has 4 rings (SSSR count). The third-order valence-corrected chi connectivity index (χ3v) is 6.74. The lowest BCUT2D eigenvalue weighted by Crippen LogP contribution is -2.42. The van der Waals surface area contributed by atoms with Crippen molar-refractivity contribution in [1.82, 2.24) is 14.9 Å². The molecule has 9 nitrogen and oxygen atoms in total. The van der Waals surface area contributed by atoms with Crippen LogP contribution in [0.1, 0.15) is 40.0 Å². The van der Waals surface area contributed by atoms with Gasteiger partial charge in [0.25, 0.3) is 0 Å². The Morgan fingerprint density at radius 2 is 1.97 bits per heavy atom. The highest BCUT2D eigenvalue weighted by molar-refractivity contribution is 7.90. The van der Waals surface area contributed by atoms with E-state index in [1.807, 2.05) is 20.8 Å². The van der Waals surface area contributed by atoms with Crippen molar-refractivity contribution >= 4 is 27.4 Å². The quantitative estimate of drug-likeness (QED) is 0.693. The fraction of sp³-hybridized carbons (Fsp3) is 0.500. The van der Waals surface area contributed by atoms with E-state index in [-0.39, 0.29) is 40.7 Å². The molecule has 1 amide bonds. The van der Waals surface area contributed by atoms with Gasteiger partial charge in [-0.05, 0) is 51.8 Å². The second kappa shape index (κ2) is 8.44. The fourth-order valence-corrected chi connectivity index (χ4v) is 4.89. The number of benzene rings is 1. The zero-order chi connectivity index (χ0) is 24.0. The minimum absolute atomic E-state index is 0.0664. The minimum Gasteiger partial charge on any atom is -0.472 e. The molecule has 3 atom stereocenters. The van der Waals surface area contributed by atoms with Crippen molar-refractivity contribution in [3.05, 3.63) is 36.4 Å². The number of carbonyl (C=O) groups is 1. The van der Waals surface area contributed by atoms with Crippen LogP contribution >= 0.6 is 0 Å². The highest BCUT2D eigenvalue weighted by Crippen LogP contribution is 2.40. The monoisotopic (exact) mass is 478 g/mol. The van der Waals surface area contributed by atoms with Crippen molar-refractivity contribution in [3.8, 4) is 5.88 Å². The zero-order valence-electron chi connectivity index (χ0n) is 18.9. The lowest BCUT2D eigenvalue weighted by molar-refractivity contribution is 0.0180. The maximum Gasteiger partial charge on any atom is 0.410 e. The number of anilines is 2. The summed E-state index contributed by atoms with van der Waals surface area (Å²) in [6.45, 7) is 5.51. The van der Waals surface area contributed by atoms with Crippen LogP contribution in [-0.2, 0) is 14.6 Å². The summed E-state index contributed by atoms with van der Waals surface area (Å²) in [5.74, 6) is -0.138. The van der Waals surface area contributed by atoms with Gasteiger partial charge in [-0.25, -0.2) is 27.6 Å². The zero-order valence-corrected chi connectivity index (χ0v) is 19.7. The summed E-state index contributed by atoms with van der Waals surface area (Å²) in [6, 6.07) is 5.11. The van der Waals surface area contributed by atoms with E-state index < -0.39 is 21.3 Å². The first-order chi connectivity index (χ1) is 15.4. The molecule has 1 aromatic heterocycles. The van der Waals surface area contributed by atoms with Gasteiger partial charge in [0.15, 0.2) is 9.84 Å². The maximum atomic E-state index is 14.4. The second-order valence-corrected chi connectivity index (χ2v) is 11.4. The van der Waals surface area contributed by atoms with Gasteiger partial charge in [-0.15, -0.1) is 0 Å². The summed E-state index contributed by atoms with van der Waals surface area (Å²) in [4.78, 5) is 22.5. The van der Waals surface area contributed by atoms with Crippen LogP contribution in [0.2, 0.25) is 0 Å². The summed E-state index contributed by atoms with van der Waals surface area (Å²) >= 11 is 0. The topological polar surface area (TPSA) is 111 Å². The first kappa shape index (κ1) is 23.2. The number of halogens is 1. The van der Waals surface area contributed by atoms with E-state index in [0.717, 1.165) is 25.2 Å². The number of ether oxygens (including phenoxy) is 2. The van der Waals surface area contributed by atoms with Crippen LogP contribution in [0, 0.1) is 5.82 Å². The molecule has 0 saturated carbocycles. The number of hydrogen-bond acceptors (Lipinski definition) is 8. The first-order valence-corrected chi connectivity index (χ1v) is 12.6. The van der Waals surface area contributed by atoms with Crippen molar-refractivity contribution in [1.29, 1.82) is 0 Å². The largest absolute Gasteiger partial charge is 0.472 e. The molecule has 2 aliphatic heterocycles. The van der Waals surface area contributed by atoms with Crippen molar-refractivity contribution in [2.24, 2.45) is 0 Å². The smallest absolute Gasteiger partial charge is 0.410 e. The highest BCUT2D eigenvalue weighted by atomic mass is 32.2. The number of carbonyl (C=O) groups excluding carboxylic acids is 1. The molecule has 2 fully saturated rings. The Balaban J connectivity index is 1.45. The number of aromatic nitrogens is 2. The van der Waals surface area contributed by atoms with Crippen molar-refractivity contribution in [2.75, 3.05) is 11.6 Å². The molecule has 33 heavy (non-hydrogen) atoms. The Morgan fingerprint density at radius 1 is 1.21 bits per heavy atom. The number of fused-ring (bicyclic) bond motifs is 2. The van der Waals surface area contributed by atoms with E-state index in [0.29, 0.717) is 12.3 Å². The molecule has 2 bridgehead atoms. The predicted octanol–water partition coefficient (Wildman–Crippen LogP) is 3.68. The minimum atomic E-state index is -3.51. The van der Waals surface area contributed by atoms with Crippen LogP contribution in [-0.4, -0.2) is 59.4 Å². The van der Waals surface area contributed by atoms with Gasteiger partial charge in [0.1, 0.15) is 29.7 Å². The molecule has 3 unspecified atom stereocenters. The van der Waals surface area contributed by atoms with Crippen LogP contribution in [0.5, 0.6) is 5.88 Å².